The minimum Gasteiger partial charge on any atom is -0.355 e. The number of hydrogen-bond acceptors (Lipinski definition) is 3. The Hall–Kier alpha value is -1.61. The van der Waals surface area contributed by atoms with Crippen LogP contribution in [0.5, 0.6) is 0 Å². The monoisotopic (exact) mass is 468 g/mol. The Morgan fingerprint density at radius 1 is 1.31 bits per heavy atom. The van der Waals surface area contributed by atoms with Gasteiger partial charge in [0, 0.05) is 19.6 Å². The number of likely N-dealkylation sites (tertiary alicyclic amines) is 1. The molecule has 3 N–H and O–H groups in total. The van der Waals surface area contributed by atoms with E-state index in [1.165, 1.54) is 19.4 Å². The van der Waals surface area contributed by atoms with E-state index in [0.29, 0.717) is 12.6 Å². The summed E-state index contributed by atoms with van der Waals surface area (Å²) >= 11 is 0. The molecular formula is C19H29IN6. The molecule has 2 heterocycles. The lowest BCUT2D eigenvalue weighted by Gasteiger charge is -2.23. The number of aromatic amines is 1. The van der Waals surface area contributed by atoms with Crippen LogP contribution >= 0.6 is 24.0 Å². The maximum Gasteiger partial charge on any atom is 0.191 e. The van der Waals surface area contributed by atoms with E-state index in [-0.39, 0.29) is 24.0 Å². The number of H-pyrrole nitrogens is 1. The maximum absolute atomic E-state index is 4.45. The lowest BCUT2D eigenvalue weighted by Crippen LogP contribution is -2.44. The molecule has 1 aromatic carbocycles. The predicted octanol–water partition coefficient (Wildman–Crippen LogP) is 2.84. The molecule has 6 nitrogen and oxygen atoms in total. The van der Waals surface area contributed by atoms with E-state index in [4.69, 9.17) is 0 Å². The number of likely N-dealkylation sites (N-methyl/N-ethyl adjacent to an activating group) is 1. The molecule has 0 spiro atoms. The summed E-state index contributed by atoms with van der Waals surface area (Å²) in [5, 5.41) is 6.77. The summed E-state index contributed by atoms with van der Waals surface area (Å²) in [7, 11) is 1.80. The highest BCUT2D eigenvalue weighted by Crippen LogP contribution is 2.16. The van der Waals surface area contributed by atoms with Gasteiger partial charge in [-0.1, -0.05) is 37.3 Å². The first-order valence-corrected chi connectivity index (χ1v) is 9.08. The standard InChI is InChI=1S/C19H28N6.HI/c1-3-25-11-7-10-16(25)12-22-19(20-2)23-14-18-21-13-17(24-18)15-8-5-4-6-9-15;/h4-6,8-9,13,16H,3,7,10-12,14H2,1-2H3,(H,21,24)(H2,20,22,23);1H. The Morgan fingerprint density at radius 2 is 2.12 bits per heavy atom. The SMILES string of the molecule is CCN1CCCC1CNC(=NC)NCc1ncc(-c2ccccc2)[nH]1.I. The van der Waals surface area contributed by atoms with Gasteiger partial charge in [-0.05, 0) is 31.5 Å². The normalized spacial score (nSPS) is 17.8. The molecule has 142 valence electrons. The zero-order valence-electron chi connectivity index (χ0n) is 15.5. The Morgan fingerprint density at radius 3 is 2.85 bits per heavy atom. The van der Waals surface area contributed by atoms with E-state index in [2.05, 4.69) is 49.6 Å². The number of benzene rings is 1. The van der Waals surface area contributed by atoms with Crippen LogP contribution in [0.4, 0.5) is 0 Å². The van der Waals surface area contributed by atoms with Crippen LogP contribution < -0.4 is 10.6 Å². The maximum atomic E-state index is 4.45. The molecule has 1 aromatic heterocycles. The molecule has 1 unspecified atom stereocenters. The van der Waals surface area contributed by atoms with E-state index in [1.807, 2.05) is 24.4 Å². The molecule has 0 aliphatic carbocycles. The van der Waals surface area contributed by atoms with Crippen molar-refractivity contribution in [3.63, 3.8) is 0 Å². The van der Waals surface area contributed by atoms with Gasteiger partial charge >= 0.3 is 0 Å². The number of nitrogens with one attached hydrogen (secondary N) is 3. The molecule has 26 heavy (non-hydrogen) atoms. The third-order valence-electron chi connectivity index (χ3n) is 4.77. The van der Waals surface area contributed by atoms with Gasteiger partial charge in [0.1, 0.15) is 5.82 Å². The van der Waals surface area contributed by atoms with Gasteiger partial charge < -0.3 is 15.6 Å². The Bertz CT molecular complexity index is 684. The summed E-state index contributed by atoms with van der Waals surface area (Å²) in [6.07, 6.45) is 4.43. The number of halogens is 1. The van der Waals surface area contributed by atoms with Gasteiger partial charge in [-0.2, -0.15) is 0 Å². The lowest BCUT2D eigenvalue weighted by molar-refractivity contribution is 0.267. The van der Waals surface area contributed by atoms with Crippen LogP contribution in [0.1, 0.15) is 25.6 Å². The molecular weight excluding hydrogens is 439 g/mol. The molecule has 0 amide bonds. The highest BCUT2D eigenvalue weighted by atomic mass is 127. The van der Waals surface area contributed by atoms with Crippen molar-refractivity contribution in [2.45, 2.75) is 32.4 Å². The predicted molar refractivity (Wildman–Crippen MR) is 118 cm³/mol. The third kappa shape index (κ3) is 5.44. The van der Waals surface area contributed by atoms with Crippen molar-refractivity contribution >= 4 is 29.9 Å². The summed E-state index contributed by atoms with van der Waals surface area (Å²) < 4.78 is 0. The smallest absolute Gasteiger partial charge is 0.191 e. The average Bonchev–Trinajstić information content (AvgIpc) is 3.31. The Balaban J connectivity index is 0.00000243. The van der Waals surface area contributed by atoms with Crippen molar-refractivity contribution < 1.29 is 0 Å². The number of hydrogen-bond donors (Lipinski definition) is 3. The van der Waals surface area contributed by atoms with Crippen LogP contribution in [0.2, 0.25) is 0 Å². The molecule has 0 radical (unpaired) electrons. The highest BCUT2D eigenvalue weighted by Gasteiger charge is 2.22. The fraction of sp³-hybridized carbons (Fsp3) is 0.474. The summed E-state index contributed by atoms with van der Waals surface area (Å²) in [5.41, 5.74) is 2.18. The second kappa shape index (κ2) is 10.5. The molecule has 1 fully saturated rings. The zero-order valence-corrected chi connectivity index (χ0v) is 17.9. The molecule has 1 atom stereocenters. The summed E-state index contributed by atoms with van der Waals surface area (Å²) in [5.74, 6) is 1.72. The molecule has 1 aliphatic rings. The van der Waals surface area contributed by atoms with Crippen molar-refractivity contribution in [3.05, 3.63) is 42.4 Å². The second-order valence-electron chi connectivity index (χ2n) is 6.34. The van der Waals surface area contributed by atoms with Crippen LogP contribution in [-0.2, 0) is 6.54 Å². The van der Waals surface area contributed by atoms with E-state index < -0.39 is 0 Å². The number of aliphatic imine (C=N–C) groups is 1. The van der Waals surface area contributed by atoms with Crippen LogP contribution in [0.3, 0.4) is 0 Å². The second-order valence-corrected chi connectivity index (χ2v) is 6.34. The molecule has 1 saturated heterocycles. The molecule has 0 bridgehead atoms. The van der Waals surface area contributed by atoms with Crippen LogP contribution in [-0.4, -0.2) is 53.6 Å². The molecule has 3 rings (SSSR count). The lowest BCUT2D eigenvalue weighted by atomic mass is 10.2. The van der Waals surface area contributed by atoms with Crippen molar-refractivity contribution in [1.29, 1.82) is 0 Å². The van der Waals surface area contributed by atoms with Crippen molar-refractivity contribution in [2.24, 2.45) is 4.99 Å². The number of aromatic nitrogens is 2. The molecule has 0 saturated carbocycles. The first-order valence-electron chi connectivity index (χ1n) is 9.08. The zero-order chi connectivity index (χ0) is 17.5. The number of nitrogens with zero attached hydrogens (tertiary/aromatic N) is 3. The van der Waals surface area contributed by atoms with Gasteiger partial charge in [-0.3, -0.25) is 9.89 Å². The summed E-state index contributed by atoms with van der Waals surface area (Å²) in [6.45, 7) is 6.11. The summed E-state index contributed by atoms with van der Waals surface area (Å²) in [6, 6.07) is 10.8. The first-order chi connectivity index (χ1) is 12.3. The Kier molecular flexibility index (Phi) is 8.37. The van der Waals surface area contributed by atoms with Crippen LogP contribution in [0, 0.1) is 0 Å². The molecule has 2 aromatic rings. The number of imidazole rings is 1. The van der Waals surface area contributed by atoms with E-state index >= 15 is 0 Å². The summed E-state index contributed by atoms with van der Waals surface area (Å²) in [4.78, 5) is 14.7. The van der Waals surface area contributed by atoms with Crippen LogP contribution in [0.25, 0.3) is 11.3 Å². The topological polar surface area (TPSA) is 68.3 Å². The van der Waals surface area contributed by atoms with Crippen molar-refractivity contribution in [3.8, 4) is 11.3 Å². The van der Waals surface area contributed by atoms with Crippen LogP contribution in [0.15, 0.2) is 41.5 Å². The Labute approximate surface area is 172 Å². The fourth-order valence-corrected chi connectivity index (χ4v) is 3.36. The molecule has 7 heteroatoms. The van der Waals surface area contributed by atoms with Gasteiger partial charge in [0.05, 0.1) is 18.4 Å². The number of rotatable bonds is 6. The first kappa shape index (κ1) is 20.7. The van der Waals surface area contributed by atoms with Gasteiger partial charge in [-0.25, -0.2) is 4.98 Å². The minimum absolute atomic E-state index is 0. The minimum atomic E-state index is 0. The fourth-order valence-electron chi connectivity index (χ4n) is 3.36. The van der Waals surface area contributed by atoms with E-state index in [0.717, 1.165) is 36.1 Å². The largest absolute Gasteiger partial charge is 0.355 e. The van der Waals surface area contributed by atoms with E-state index in [9.17, 15) is 0 Å². The third-order valence-corrected chi connectivity index (χ3v) is 4.77. The van der Waals surface area contributed by atoms with Gasteiger partial charge in [0.25, 0.3) is 0 Å². The highest BCUT2D eigenvalue weighted by molar-refractivity contribution is 14.0. The van der Waals surface area contributed by atoms with Gasteiger partial charge in [-0.15, -0.1) is 24.0 Å². The van der Waals surface area contributed by atoms with Gasteiger partial charge in [0.15, 0.2) is 5.96 Å². The van der Waals surface area contributed by atoms with E-state index in [1.54, 1.807) is 7.05 Å². The average molecular weight is 468 g/mol. The van der Waals surface area contributed by atoms with Crippen molar-refractivity contribution in [2.75, 3.05) is 26.7 Å². The molecule has 1 aliphatic heterocycles. The van der Waals surface area contributed by atoms with Crippen molar-refractivity contribution in [1.82, 2.24) is 25.5 Å². The van der Waals surface area contributed by atoms with Gasteiger partial charge in [0.2, 0.25) is 0 Å². The number of guanidine groups is 1. The quantitative estimate of drug-likeness (QED) is 0.347.